The Morgan fingerprint density at radius 1 is 0.687 bits per heavy atom. The van der Waals surface area contributed by atoms with Crippen LogP contribution in [0.4, 0.5) is 9.59 Å². The Labute approximate surface area is 386 Å². The zero-order chi connectivity index (χ0) is 46.5. The van der Waals surface area contributed by atoms with Crippen LogP contribution in [0.15, 0.2) is 54.5 Å². The van der Waals surface area contributed by atoms with Crippen LogP contribution in [0.25, 0.3) is 45.2 Å². The Bertz CT molecular complexity index is 2950. The predicted octanol–water partition coefficient (Wildman–Crippen LogP) is 5.77. The van der Waals surface area contributed by atoms with E-state index in [0.717, 1.165) is 25.7 Å². The summed E-state index contributed by atoms with van der Waals surface area (Å²) in [7, 11) is -3.75. The second kappa shape index (κ2) is 20.0. The molecule has 0 bridgehead atoms. The molecule has 6 aromatic rings. The van der Waals surface area contributed by atoms with Crippen molar-refractivity contribution in [2.45, 2.75) is 76.4 Å². The van der Waals surface area contributed by atoms with Crippen LogP contribution in [0.5, 0.6) is 0 Å². The number of sulfone groups is 1. The van der Waals surface area contributed by atoms with Crippen molar-refractivity contribution >= 4 is 54.8 Å². The number of ether oxygens (including phenoxy) is 2. The number of pyridine rings is 2. The molecule has 4 aliphatic heterocycles. The SMILES string of the molecule is N#Cc1nccc2oc(-c3nc(CC4CCN(C(=O)OC5CCS(=O)(=O)CC5)CC4)no3)cc12.N#Cc1nccc2oc(-c3nc(CC4CCN(C(=O)OC5CCS(=O)CC5)CC4)no3)cc12. The molecule has 21 nitrogen and oxygen atoms in total. The summed E-state index contributed by atoms with van der Waals surface area (Å²) in [5.74, 6) is 4.41. The second-order valence-corrected chi connectivity index (χ2v) is 21.1. The molecule has 4 fully saturated rings. The lowest BCUT2D eigenvalue weighted by Gasteiger charge is -2.32. The van der Waals surface area contributed by atoms with Gasteiger partial charge < -0.3 is 37.2 Å². The van der Waals surface area contributed by atoms with Crippen LogP contribution >= 0.6 is 0 Å². The van der Waals surface area contributed by atoms with E-state index in [2.05, 4.69) is 30.2 Å². The third-order valence-corrected chi connectivity index (χ3v) is 15.6. The van der Waals surface area contributed by atoms with E-state index in [0.29, 0.717) is 133 Å². The molecule has 10 rings (SSSR count). The average Bonchev–Trinajstić information content (AvgIpc) is 4.18. The van der Waals surface area contributed by atoms with Crippen molar-refractivity contribution in [3.05, 3.63) is 59.7 Å². The lowest BCUT2D eigenvalue weighted by molar-refractivity contribution is 0.0483. The first-order valence-electron chi connectivity index (χ1n) is 22.2. The van der Waals surface area contributed by atoms with Crippen LogP contribution in [-0.2, 0) is 43.0 Å². The fraction of sp³-hybridized carbons (Fsp3) is 0.500. The number of carbonyl (C=O) groups excluding carboxylic acids is 2. The van der Waals surface area contributed by atoms with Gasteiger partial charge in [0.1, 0.15) is 35.5 Å². The van der Waals surface area contributed by atoms with Gasteiger partial charge in [0.15, 0.2) is 44.4 Å². The standard InChI is InChI=1S/C22H23N5O6S.C22H23N5O5S/c23-13-17-16-12-19(32-18(16)1-6-24-17)21-25-20(26-33-21)11-14-2-7-27(8-3-14)22(28)31-15-4-9-34(29,30)10-5-15;23-13-17-16-12-19(31-18(16)1-6-24-17)21-25-20(26-32-21)11-14-2-7-27(8-3-14)22(28)30-15-4-9-33(29)10-5-15/h1,6,12,14-15H,2-5,7-11H2;1,6,12,14-15H,2-5,7-11H2. The molecule has 4 aliphatic rings. The van der Waals surface area contributed by atoms with Crippen LogP contribution in [0, 0.1) is 34.5 Å². The van der Waals surface area contributed by atoms with Gasteiger partial charge in [-0.15, -0.1) is 0 Å². The molecule has 6 aromatic heterocycles. The number of likely N-dealkylation sites (tertiary alicyclic amines) is 2. The van der Waals surface area contributed by atoms with Gasteiger partial charge in [-0.1, -0.05) is 10.3 Å². The summed E-state index contributed by atoms with van der Waals surface area (Å²) in [4.78, 5) is 45.3. The van der Waals surface area contributed by atoms with E-state index in [4.69, 9.17) is 27.4 Å². The maximum absolute atomic E-state index is 12.5. The summed E-state index contributed by atoms with van der Waals surface area (Å²) in [6, 6.07) is 10.8. The molecule has 10 heterocycles. The van der Waals surface area contributed by atoms with Crippen molar-refractivity contribution in [2.24, 2.45) is 11.8 Å². The van der Waals surface area contributed by atoms with Crippen LogP contribution in [-0.4, -0.2) is 126 Å². The maximum Gasteiger partial charge on any atom is 0.410 e. The summed E-state index contributed by atoms with van der Waals surface area (Å²) in [6.07, 6.45) is 8.48. The quantitative estimate of drug-likeness (QED) is 0.175. The zero-order valence-corrected chi connectivity index (χ0v) is 37.9. The smallest absolute Gasteiger partial charge is 0.410 e. The van der Waals surface area contributed by atoms with Gasteiger partial charge in [0.2, 0.25) is 0 Å². The number of hydrogen-bond donors (Lipinski definition) is 0. The van der Waals surface area contributed by atoms with Crippen LogP contribution < -0.4 is 0 Å². The number of fused-ring (bicyclic) bond motifs is 2. The number of furan rings is 2. The number of piperidine rings is 2. The highest BCUT2D eigenvalue weighted by atomic mass is 32.2. The molecule has 0 aliphatic carbocycles. The largest absolute Gasteiger partial charge is 0.451 e. The molecule has 2 amide bonds. The minimum Gasteiger partial charge on any atom is -0.451 e. The fourth-order valence-electron chi connectivity index (χ4n) is 8.66. The summed E-state index contributed by atoms with van der Waals surface area (Å²) >= 11 is 0. The number of rotatable bonds is 8. The molecule has 350 valence electrons. The molecule has 0 saturated carbocycles. The summed E-state index contributed by atoms with van der Waals surface area (Å²) in [5.41, 5.74) is 1.62. The number of carbonyl (C=O) groups is 2. The van der Waals surface area contributed by atoms with E-state index in [1.54, 1.807) is 34.1 Å². The van der Waals surface area contributed by atoms with E-state index < -0.39 is 20.6 Å². The Hall–Kier alpha value is -6.72. The van der Waals surface area contributed by atoms with Gasteiger partial charge in [0.25, 0.3) is 11.8 Å². The van der Waals surface area contributed by atoms with Crippen molar-refractivity contribution in [1.29, 1.82) is 10.5 Å². The Kier molecular flexibility index (Phi) is 13.6. The third kappa shape index (κ3) is 10.9. The summed E-state index contributed by atoms with van der Waals surface area (Å²) in [5, 5.41) is 27.7. The molecule has 0 aromatic carbocycles. The highest BCUT2D eigenvalue weighted by Gasteiger charge is 2.32. The number of aromatic nitrogens is 6. The topological polar surface area (TPSA) is 288 Å². The van der Waals surface area contributed by atoms with E-state index in [1.165, 1.54) is 12.4 Å². The second-order valence-electron chi connectivity index (χ2n) is 17.1. The van der Waals surface area contributed by atoms with E-state index in [-0.39, 0.29) is 59.1 Å². The lowest BCUT2D eigenvalue weighted by Crippen LogP contribution is -2.42. The molecule has 0 radical (unpaired) electrons. The van der Waals surface area contributed by atoms with Gasteiger partial charge >= 0.3 is 12.2 Å². The Morgan fingerprint density at radius 3 is 1.55 bits per heavy atom. The molecule has 0 unspecified atom stereocenters. The molecule has 67 heavy (non-hydrogen) atoms. The number of amides is 2. The van der Waals surface area contributed by atoms with Gasteiger partial charge in [0, 0.05) is 85.9 Å². The van der Waals surface area contributed by atoms with Gasteiger partial charge in [-0.25, -0.2) is 28.0 Å². The van der Waals surface area contributed by atoms with Gasteiger partial charge in [0.05, 0.1) is 22.3 Å². The molecular formula is C44H46N10O11S2. The Balaban J connectivity index is 0.000000168. The van der Waals surface area contributed by atoms with Crippen molar-refractivity contribution in [3.8, 4) is 35.4 Å². The van der Waals surface area contributed by atoms with Gasteiger partial charge in [-0.05, 0) is 75.3 Å². The third-order valence-electron chi connectivity index (χ3n) is 12.5. The fourth-order valence-corrected chi connectivity index (χ4v) is 11.4. The zero-order valence-electron chi connectivity index (χ0n) is 36.3. The highest BCUT2D eigenvalue weighted by molar-refractivity contribution is 7.91. The van der Waals surface area contributed by atoms with Gasteiger partial charge in [-0.2, -0.15) is 20.5 Å². The molecular weight excluding hydrogens is 909 g/mol. The van der Waals surface area contributed by atoms with Crippen molar-refractivity contribution in [2.75, 3.05) is 49.2 Å². The van der Waals surface area contributed by atoms with E-state index >= 15 is 0 Å². The van der Waals surface area contributed by atoms with Crippen molar-refractivity contribution < 1.29 is 49.6 Å². The van der Waals surface area contributed by atoms with Crippen LogP contribution in [0.3, 0.4) is 0 Å². The first-order valence-corrected chi connectivity index (χ1v) is 25.5. The number of nitriles is 2. The monoisotopic (exact) mass is 954 g/mol. The first-order chi connectivity index (χ1) is 32.5. The normalized spacial score (nSPS) is 20.4. The molecule has 0 atom stereocenters. The minimum absolute atomic E-state index is 0.0735. The maximum atomic E-state index is 12.5. The lowest BCUT2D eigenvalue weighted by atomic mass is 9.93. The Morgan fingerprint density at radius 2 is 1.12 bits per heavy atom. The summed E-state index contributed by atoms with van der Waals surface area (Å²) in [6.45, 7) is 2.38. The van der Waals surface area contributed by atoms with E-state index in [1.807, 2.05) is 12.1 Å². The first kappa shape index (κ1) is 45.4. The van der Waals surface area contributed by atoms with Crippen LogP contribution in [0.2, 0.25) is 0 Å². The van der Waals surface area contributed by atoms with Crippen LogP contribution in [0.1, 0.15) is 74.4 Å². The number of hydrogen-bond acceptors (Lipinski definition) is 19. The van der Waals surface area contributed by atoms with Crippen molar-refractivity contribution in [3.63, 3.8) is 0 Å². The summed E-state index contributed by atoms with van der Waals surface area (Å²) < 4.78 is 67.9. The molecule has 4 saturated heterocycles. The minimum atomic E-state index is -2.99. The molecule has 0 spiro atoms. The molecule has 23 heteroatoms. The van der Waals surface area contributed by atoms with Gasteiger partial charge in [-0.3, -0.25) is 4.21 Å². The predicted molar refractivity (Wildman–Crippen MR) is 236 cm³/mol. The van der Waals surface area contributed by atoms with E-state index in [9.17, 15) is 32.7 Å². The molecule has 0 N–H and O–H groups in total. The van der Waals surface area contributed by atoms with Crippen molar-refractivity contribution in [1.82, 2.24) is 40.0 Å². The average molecular weight is 955 g/mol. The highest BCUT2D eigenvalue weighted by Crippen LogP contribution is 2.31. The number of nitrogens with zero attached hydrogens (tertiary/aromatic N) is 10.